The van der Waals surface area contributed by atoms with Crippen molar-refractivity contribution in [1.29, 1.82) is 0 Å². The molecular formula is C27H25NO6. The fraction of sp³-hybridized carbons (Fsp3) is 0.222. The number of hydrogen-bond acceptors (Lipinski definition) is 7. The molecule has 0 radical (unpaired) electrons. The SMILES string of the molecule is COc1cc(OC)c2c(=O)cc(-c3ccc(O)cc3)oc2c1-c1ccc(N2CCOCC2)cc1. The summed E-state index contributed by atoms with van der Waals surface area (Å²) >= 11 is 0. The van der Waals surface area contributed by atoms with Crippen LogP contribution in [0.15, 0.2) is 69.9 Å². The molecule has 3 aromatic carbocycles. The molecule has 0 atom stereocenters. The van der Waals surface area contributed by atoms with Crippen LogP contribution < -0.4 is 19.8 Å². The zero-order valence-corrected chi connectivity index (χ0v) is 19.0. The topological polar surface area (TPSA) is 81.4 Å². The number of aromatic hydroxyl groups is 1. The summed E-state index contributed by atoms with van der Waals surface area (Å²) in [5.74, 6) is 1.44. The first kappa shape index (κ1) is 21.9. The van der Waals surface area contributed by atoms with Crippen molar-refractivity contribution in [3.63, 3.8) is 0 Å². The van der Waals surface area contributed by atoms with E-state index < -0.39 is 0 Å². The molecule has 1 aliphatic heterocycles. The van der Waals surface area contributed by atoms with Gasteiger partial charge in [0.1, 0.15) is 28.4 Å². The van der Waals surface area contributed by atoms with Crippen LogP contribution in [0.4, 0.5) is 5.69 Å². The zero-order chi connectivity index (χ0) is 23.7. The molecule has 0 bridgehead atoms. The van der Waals surface area contributed by atoms with Gasteiger partial charge in [-0.3, -0.25) is 4.79 Å². The van der Waals surface area contributed by atoms with Crippen LogP contribution in [0.25, 0.3) is 33.4 Å². The molecule has 4 aromatic rings. The van der Waals surface area contributed by atoms with E-state index in [0.717, 1.165) is 24.3 Å². The molecule has 0 amide bonds. The maximum Gasteiger partial charge on any atom is 0.197 e. The molecule has 2 heterocycles. The summed E-state index contributed by atoms with van der Waals surface area (Å²) in [6.45, 7) is 3.12. The van der Waals surface area contributed by atoms with E-state index in [1.54, 1.807) is 37.4 Å². The minimum absolute atomic E-state index is 0.135. The van der Waals surface area contributed by atoms with Crippen molar-refractivity contribution in [2.24, 2.45) is 0 Å². The van der Waals surface area contributed by atoms with Crippen molar-refractivity contribution in [3.8, 4) is 39.7 Å². The third-order valence-electron chi connectivity index (χ3n) is 6.05. The number of benzene rings is 3. The van der Waals surface area contributed by atoms with Crippen LogP contribution in [-0.4, -0.2) is 45.6 Å². The Morgan fingerprint density at radius 3 is 2.15 bits per heavy atom. The number of phenols is 1. The molecule has 7 heteroatoms. The summed E-state index contributed by atoms with van der Waals surface area (Å²) in [6.07, 6.45) is 0. The van der Waals surface area contributed by atoms with Gasteiger partial charge in [-0.25, -0.2) is 0 Å². The van der Waals surface area contributed by atoms with Gasteiger partial charge in [0.25, 0.3) is 0 Å². The fourth-order valence-electron chi connectivity index (χ4n) is 4.30. The average Bonchev–Trinajstić information content (AvgIpc) is 2.88. The predicted octanol–water partition coefficient (Wildman–Crippen LogP) is 4.69. The number of methoxy groups -OCH3 is 2. The van der Waals surface area contributed by atoms with Crippen molar-refractivity contribution >= 4 is 16.7 Å². The molecule has 0 unspecified atom stereocenters. The van der Waals surface area contributed by atoms with Crippen LogP contribution in [-0.2, 0) is 4.74 Å². The highest BCUT2D eigenvalue weighted by molar-refractivity contribution is 6.00. The first-order valence-corrected chi connectivity index (χ1v) is 11.0. The molecular weight excluding hydrogens is 434 g/mol. The van der Waals surface area contributed by atoms with Gasteiger partial charge in [0, 0.05) is 36.5 Å². The molecule has 0 spiro atoms. The lowest BCUT2D eigenvalue weighted by atomic mass is 9.99. The summed E-state index contributed by atoms with van der Waals surface area (Å²) < 4.78 is 23.0. The van der Waals surface area contributed by atoms with Crippen LogP contribution >= 0.6 is 0 Å². The summed E-state index contributed by atoms with van der Waals surface area (Å²) in [5, 5.41) is 9.99. The number of hydrogen-bond donors (Lipinski definition) is 1. The Morgan fingerprint density at radius 1 is 0.853 bits per heavy atom. The van der Waals surface area contributed by atoms with Crippen LogP contribution in [0.5, 0.6) is 17.2 Å². The van der Waals surface area contributed by atoms with E-state index in [0.29, 0.717) is 52.6 Å². The molecule has 1 fully saturated rings. The number of rotatable bonds is 5. The minimum Gasteiger partial charge on any atom is -0.508 e. The molecule has 5 rings (SSSR count). The van der Waals surface area contributed by atoms with Gasteiger partial charge in [-0.15, -0.1) is 0 Å². The highest BCUT2D eigenvalue weighted by Crippen LogP contribution is 2.42. The second-order valence-electron chi connectivity index (χ2n) is 8.03. The summed E-state index contributed by atoms with van der Waals surface area (Å²) in [6, 6.07) is 17.8. The Balaban J connectivity index is 1.71. The van der Waals surface area contributed by atoms with Gasteiger partial charge in [0.2, 0.25) is 0 Å². The lowest BCUT2D eigenvalue weighted by Crippen LogP contribution is -2.36. The number of phenolic OH excluding ortho intramolecular Hbond substituents is 1. The van der Waals surface area contributed by atoms with E-state index in [9.17, 15) is 9.90 Å². The Morgan fingerprint density at radius 2 is 1.50 bits per heavy atom. The van der Waals surface area contributed by atoms with Crippen molar-refractivity contribution < 1.29 is 23.7 Å². The molecule has 1 saturated heterocycles. The van der Waals surface area contributed by atoms with Crippen molar-refractivity contribution in [2.75, 3.05) is 45.4 Å². The lowest BCUT2D eigenvalue weighted by Gasteiger charge is -2.29. The molecule has 0 saturated carbocycles. The Labute approximate surface area is 196 Å². The van der Waals surface area contributed by atoms with Crippen LogP contribution in [0.3, 0.4) is 0 Å². The predicted molar refractivity (Wildman–Crippen MR) is 131 cm³/mol. The number of morpholine rings is 1. The summed E-state index contributed by atoms with van der Waals surface area (Å²) in [7, 11) is 3.09. The van der Waals surface area contributed by atoms with Gasteiger partial charge in [0.05, 0.1) is 33.0 Å². The van der Waals surface area contributed by atoms with E-state index in [1.807, 2.05) is 12.1 Å². The number of anilines is 1. The van der Waals surface area contributed by atoms with Gasteiger partial charge in [-0.1, -0.05) is 12.1 Å². The number of ether oxygens (including phenoxy) is 3. The fourth-order valence-corrected chi connectivity index (χ4v) is 4.30. The minimum atomic E-state index is -0.227. The van der Waals surface area contributed by atoms with Gasteiger partial charge in [-0.2, -0.15) is 0 Å². The standard InChI is InChI=1S/C27H25NO6/c1-31-23-16-24(32-2)26-21(30)15-22(17-5-9-20(29)10-6-17)34-27(26)25(23)18-3-7-19(8-4-18)28-11-13-33-14-12-28/h3-10,15-16,29H,11-14H2,1-2H3. The maximum absolute atomic E-state index is 13.2. The van der Waals surface area contributed by atoms with Gasteiger partial charge >= 0.3 is 0 Å². The van der Waals surface area contributed by atoms with Crippen molar-refractivity contribution in [2.45, 2.75) is 0 Å². The largest absolute Gasteiger partial charge is 0.508 e. The van der Waals surface area contributed by atoms with E-state index in [2.05, 4.69) is 17.0 Å². The average molecular weight is 459 g/mol. The molecule has 34 heavy (non-hydrogen) atoms. The highest BCUT2D eigenvalue weighted by Gasteiger charge is 2.21. The molecule has 174 valence electrons. The van der Waals surface area contributed by atoms with E-state index in [-0.39, 0.29) is 11.2 Å². The Hall–Kier alpha value is -3.97. The third-order valence-corrected chi connectivity index (χ3v) is 6.05. The molecule has 0 aliphatic carbocycles. The van der Waals surface area contributed by atoms with Gasteiger partial charge < -0.3 is 28.6 Å². The second kappa shape index (κ2) is 9.11. The lowest BCUT2D eigenvalue weighted by molar-refractivity contribution is 0.122. The Bertz CT molecular complexity index is 1370. The van der Waals surface area contributed by atoms with E-state index >= 15 is 0 Å². The molecule has 1 N–H and O–H groups in total. The zero-order valence-electron chi connectivity index (χ0n) is 19.0. The smallest absolute Gasteiger partial charge is 0.197 e. The van der Waals surface area contributed by atoms with Crippen LogP contribution in [0, 0.1) is 0 Å². The normalized spacial score (nSPS) is 13.8. The van der Waals surface area contributed by atoms with Crippen LogP contribution in [0.1, 0.15) is 0 Å². The first-order chi connectivity index (χ1) is 16.6. The number of nitrogens with zero attached hydrogens (tertiary/aromatic N) is 1. The van der Waals surface area contributed by atoms with Gasteiger partial charge in [0.15, 0.2) is 11.0 Å². The quantitative estimate of drug-likeness (QED) is 0.464. The molecule has 7 nitrogen and oxygen atoms in total. The highest BCUT2D eigenvalue weighted by atomic mass is 16.5. The summed E-state index contributed by atoms with van der Waals surface area (Å²) in [5.41, 5.74) is 3.46. The van der Waals surface area contributed by atoms with Gasteiger partial charge in [-0.05, 0) is 42.0 Å². The monoisotopic (exact) mass is 459 g/mol. The van der Waals surface area contributed by atoms with Crippen molar-refractivity contribution in [1.82, 2.24) is 0 Å². The van der Waals surface area contributed by atoms with Crippen LogP contribution in [0.2, 0.25) is 0 Å². The maximum atomic E-state index is 13.2. The number of fused-ring (bicyclic) bond motifs is 1. The Kier molecular flexibility index (Phi) is 5.86. The summed E-state index contributed by atoms with van der Waals surface area (Å²) in [4.78, 5) is 15.5. The second-order valence-corrected chi connectivity index (χ2v) is 8.03. The molecule has 1 aromatic heterocycles. The third kappa shape index (κ3) is 3.95. The van der Waals surface area contributed by atoms with Crippen molar-refractivity contribution in [3.05, 3.63) is 70.9 Å². The molecule has 1 aliphatic rings. The van der Waals surface area contributed by atoms with E-state index in [4.69, 9.17) is 18.6 Å². The van der Waals surface area contributed by atoms with E-state index in [1.165, 1.54) is 13.2 Å². The first-order valence-electron chi connectivity index (χ1n) is 11.0.